The summed E-state index contributed by atoms with van der Waals surface area (Å²) >= 11 is 0. The van der Waals surface area contributed by atoms with Crippen LogP contribution in [0.1, 0.15) is 50.2 Å². The second-order valence-electron chi connectivity index (χ2n) is 8.45. The number of piperidine rings is 1. The first kappa shape index (κ1) is 20.6. The zero-order valence-electron chi connectivity index (χ0n) is 16.9. The van der Waals surface area contributed by atoms with Gasteiger partial charge in [0.1, 0.15) is 0 Å². The number of aliphatic carboxylic acids is 1. The highest BCUT2D eigenvalue weighted by Crippen LogP contribution is 2.22. The monoisotopic (exact) mass is 387 g/mol. The van der Waals surface area contributed by atoms with Crippen LogP contribution in [-0.4, -0.2) is 53.1 Å². The van der Waals surface area contributed by atoms with E-state index in [1.165, 1.54) is 44.3 Å². The smallest absolute Gasteiger partial charge is 0.317 e. The Bertz CT molecular complexity index is 671. The van der Waals surface area contributed by atoms with Crippen LogP contribution >= 0.6 is 0 Å². The van der Waals surface area contributed by atoms with E-state index in [0.717, 1.165) is 12.1 Å². The van der Waals surface area contributed by atoms with Gasteiger partial charge in [0.15, 0.2) is 0 Å². The van der Waals surface area contributed by atoms with E-state index in [1.807, 2.05) is 13.0 Å². The molecule has 1 aromatic carbocycles. The number of amides is 2. The lowest BCUT2D eigenvalue weighted by Gasteiger charge is -2.34. The van der Waals surface area contributed by atoms with E-state index in [4.69, 9.17) is 0 Å². The van der Waals surface area contributed by atoms with Crippen LogP contribution in [0.25, 0.3) is 0 Å². The molecule has 2 aliphatic heterocycles. The van der Waals surface area contributed by atoms with Gasteiger partial charge in [-0.1, -0.05) is 44.0 Å². The molecule has 0 radical (unpaired) electrons. The number of hydrogen-bond acceptors (Lipinski definition) is 3. The summed E-state index contributed by atoms with van der Waals surface area (Å²) in [6.45, 7) is 6.67. The van der Waals surface area contributed by atoms with E-state index in [0.29, 0.717) is 26.1 Å². The first-order valence-electron chi connectivity index (χ1n) is 10.6. The fourth-order valence-corrected chi connectivity index (χ4v) is 4.38. The maximum Gasteiger partial charge on any atom is 0.317 e. The third-order valence-electron chi connectivity index (χ3n) is 5.84. The molecule has 0 bridgehead atoms. The van der Waals surface area contributed by atoms with Crippen LogP contribution in [0.3, 0.4) is 0 Å². The maximum atomic E-state index is 12.5. The summed E-state index contributed by atoms with van der Waals surface area (Å²) in [5.41, 5.74) is 2.37. The van der Waals surface area contributed by atoms with Gasteiger partial charge in [0, 0.05) is 26.2 Å². The first-order valence-corrected chi connectivity index (χ1v) is 10.6. The number of nitrogens with one attached hydrogen (secondary N) is 1. The van der Waals surface area contributed by atoms with Gasteiger partial charge in [-0.3, -0.25) is 9.69 Å². The molecule has 2 N–H and O–H groups in total. The Labute approximate surface area is 167 Å². The topological polar surface area (TPSA) is 72.9 Å². The SMILES string of the molecule is CC1CC(C(=O)O)CN(C(=O)NCc2cccc(CN3CCCCCC3)c2)C1. The number of carbonyl (C=O) groups excluding carboxylic acids is 1. The predicted octanol–water partition coefficient (Wildman–Crippen LogP) is 3.31. The average Bonchev–Trinajstić information content (AvgIpc) is 2.94. The molecule has 0 aromatic heterocycles. The quantitative estimate of drug-likeness (QED) is 0.813. The number of urea groups is 1. The number of rotatable bonds is 5. The van der Waals surface area contributed by atoms with Gasteiger partial charge < -0.3 is 15.3 Å². The minimum Gasteiger partial charge on any atom is -0.481 e. The van der Waals surface area contributed by atoms with Gasteiger partial charge in [-0.2, -0.15) is 0 Å². The van der Waals surface area contributed by atoms with Gasteiger partial charge in [-0.15, -0.1) is 0 Å². The van der Waals surface area contributed by atoms with Crippen LogP contribution in [0.4, 0.5) is 4.79 Å². The standard InChI is InChI=1S/C22H33N3O3/c1-17-11-20(21(26)27)16-25(14-17)22(28)23-13-18-7-6-8-19(12-18)15-24-9-4-2-3-5-10-24/h6-8,12,17,20H,2-5,9-11,13-16H2,1H3,(H,23,28)(H,26,27). The Morgan fingerprint density at radius 1 is 1.11 bits per heavy atom. The van der Waals surface area contributed by atoms with E-state index in [9.17, 15) is 14.7 Å². The Balaban J connectivity index is 1.52. The highest BCUT2D eigenvalue weighted by atomic mass is 16.4. The van der Waals surface area contributed by atoms with Crippen molar-refractivity contribution in [2.75, 3.05) is 26.2 Å². The number of benzene rings is 1. The lowest BCUT2D eigenvalue weighted by atomic mass is 9.91. The van der Waals surface area contributed by atoms with E-state index >= 15 is 0 Å². The molecule has 2 atom stereocenters. The Morgan fingerprint density at radius 2 is 1.82 bits per heavy atom. The molecular formula is C22H33N3O3. The summed E-state index contributed by atoms with van der Waals surface area (Å²) < 4.78 is 0. The van der Waals surface area contributed by atoms with Crippen molar-refractivity contribution in [1.82, 2.24) is 15.1 Å². The zero-order chi connectivity index (χ0) is 19.9. The minimum absolute atomic E-state index is 0.171. The first-order chi connectivity index (χ1) is 13.5. The Hall–Kier alpha value is -2.08. The number of carboxylic acid groups (broad SMARTS) is 1. The van der Waals surface area contributed by atoms with Crippen LogP contribution in [0.2, 0.25) is 0 Å². The summed E-state index contributed by atoms with van der Waals surface area (Å²) in [4.78, 5) is 28.0. The lowest BCUT2D eigenvalue weighted by molar-refractivity contribution is -0.143. The molecule has 2 fully saturated rings. The summed E-state index contributed by atoms with van der Waals surface area (Å²) in [5.74, 6) is -1.07. The molecule has 2 saturated heterocycles. The fraction of sp³-hybridized carbons (Fsp3) is 0.636. The van der Waals surface area contributed by atoms with E-state index < -0.39 is 11.9 Å². The van der Waals surface area contributed by atoms with Crippen LogP contribution in [-0.2, 0) is 17.9 Å². The van der Waals surface area contributed by atoms with Crippen molar-refractivity contribution in [1.29, 1.82) is 0 Å². The highest BCUT2D eigenvalue weighted by Gasteiger charge is 2.31. The van der Waals surface area contributed by atoms with Crippen molar-refractivity contribution in [3.8, 4) is 0 Å². The number of hydrogen-bond donors (Lipinski definition) is 2. The largest absolute Gasteiger partial charge is 0.481 e. The third-order valence-corrected chi connectivity index (χ3v) is 5.84. The number of likely N-dealkylation sites (tertiary alicyclic amines) is 2. The summed E-state index contributed by atoms with van der Waals surface area (Å²) in [6.07, 6.45) is 5.86. The van der Waals surface area contributed by atoms with Crippen molar-refractivity contribution < 1.29 is 14.7 Å². The second-order valence-corrected chi connectivity index (χ2v) is 8.45. The van der Waals surface area contributed by atoms with E-state index in [1.54, 1.807) is 4.90 Å². The summed E-state index contributed by atoms with van der Waals surface area (Å²) in [6, 6.07) is 8.24. The molecule has 6 heteroatoms. The molecule has 3 rings (SSSR count). The Morgan fingerprint density at radius 3 is 2.54 bits per heavy atom. The normalized spacial score (nSPS) is 23.8. The zero-order valence-corrected chi connectivity index (χ0v) is 16.9. The van der Waals surface area contributed by atoms with Crippen molar-refractivity contribution in [2.45, 2.75) is 52.1 Å². The molecule has 0 saturated carbocycles. The van der Waals surface area contributed by atoms with Crippen molar-refractivity contribution in [2.24, 2.45) is 11.8 Å². The van der Waals surface area contributed by atoms with Gasteiger partial charge >= 0.3 is 12.0 Å². The van der Waals surface area contributed by atoms with Crippen LogP contribution in [0.5, 0.6) is 0 Å². The molecular weight excluding hydrogens is 354 g/mol. The van der Waals surface area contributed by atoms with Gasteiger partial charge in [0.2, 0.25) is 0 Å². The molecule has 2 aliphatic rings. The minimum atomic E-state index is -0.814. The molecule has 28 heavy (non-hydrogen) atoms. The molecule has 154 valence electrons. The summed E-state index contributed by atoms with van der Waals surface area (Å²) in [5, 5.41) is 12.3. The third kappa shape index (κ3) is 5.96. The number of nitrogens with zero attached hydrogens (tertiary/aromatic N) is 2. The van der Waals surface area contributed by atoms with Gasteiger partial charge in [0.05, 0.1) is 5.92 Å². The van der Waals surface area contributed by atoms with Gasteiger partial charge in [0.25, 0.3) is 0 Å². The van der Waals surface area contributed by atoms with Crippen molar-refractivity contribution >= 4 is 12.0 Å². The van der Waals surface area contributed by atoms with Crippen molar-refractivity contribution in [3.63, 3.8) is 0 Å². The van der Waals surface area contributed by atoms with Crippen molar-refractivity contribution in [3.05, 3.63) is 35.4 Å². The molecule has 2 heterocycles. The molecule has 2 unspecified atom stereocenters. The Kier molecular flexibility index (Phi) is 7.31. The second kappa shape index (κ2) is 9.92. The number of carboxylic acids is 1. The summed E-state index contributed by atoms with van der Waals surface area (Å²) in [7, 11) is 0. The fourth-order valence-electron chi connectivity index (χ4n) is 4.38. The molecule has 0 aliphatic carbocycles. The molecule has 2 amide bonds. The van der Waals surface area contributed by atoms with E-state index in [-0.39, 0.29) is 11.9 Å². The van der Waals surface area contributed by atoms with Crippen LogP contribution < -0.4 is 5.32 Å². The van der Waals surface area contributed by atoms with Crippen LogP contribution in [0.15, 0.2) is 24.3 Å². The highest BCUT2D eigenvalue weighted by molar-refractivity contribution is 5.76. The van der Waals surface area contributed by atoms with Crippen LogP contribution in [0, 0.1) is 11.8 Å². The molecule has 0 spiro atoms. The molecule has 1 aromatic rings. The lowest BCUT2D eigenvalue weighted by Crippen LogP contribution is -2.49. The van der Waals surface area contributed by atoms with Gasteiger partial charge in [-0.25, -0.2) is 4.79 Å². The number of carbonyl (C=O) groups is 2. The molecule has 6 nitrogen and oxygen atoms in total. The average molecular weight is 388 g/mol. The predicted molar refractivity (Wildman–Crippen MR) is 109 cm³/mol. The maximum absolute atomic E-state index is 12.5. The van der Waals surface area contributed by atoms with Gasteiger partial charge in [-0.05, 0) is 49.4 Å². The van der Waals surface area contributed by atoms with E-state index in [2.05, 4.69) is 28.4 Å².